The minimum absolute atomic E-state index is 0.758. The van der Waals surface area contributed by atoms with Crippen LogP contribution in [0.15, 0.2) is 17.6 Å². The van der Waals surface area contributed by atoms with Crippen LogP contribution in [0.2, 0.25) is 0 Å². The first-order valence-corrected chi connectivity index (χ1v) is 7.58. The van der Waals surface area contributed by atoms with E-state index in [4.69, 9.17) is 0 Å². The van der Waals surface area contributed by atoms with Gasteiger partial charge in [-0.3, -0.25) is 0 Å². The summed E-state index contributed by atoms with van der Waals surface area (Å²) >= 11 is 1.83. The zero-order valence-corrected chi connectivity index (χ0v) is 11.7. The third-order valence-electron chi connectivity index (χ3n) is 3.56. The Bertz CT molecular complexity index is 329. The Balaban J connectivity index is 1.59. The maximum Gasteiger partial charge on any atom is 0.167 e. The van der Waals surface area contributed by atoms with E-state index in [1.54, 1.807) is 0 Å². The molecule has 1 aromatic heterocycles. The van der Waals surface area contributed by atoms with Crippen molar-refractivity contribution in [1.29, 1.82) is 0 Å². The third kappa shape index (κ3) is 4.03. The predicted molar refractivity (Wildman–Crippen MR) is 73.4 cm³/mol. The maximum absolute atomic E-state index is 4.31. The molecule has 1 aliphatic rings. The van der Waals surface area contributed by atoms with Gasteiger partial charge in [-0.2, -0.15) is 0 Å². The highest BCUT2D eigenvalue weighted by atomic mass is 32.2. The van der Waals surface area contributed by atoms with E-state index in [1.165, 1.54) is 25.7 Å². The highest BCUT2D eigenvalue weighted by Gasteiger charge is 2.17. The summed E-state index contributed by atoms with van der Waals surface area (Å²) in [5, 5.41) is 4.78. The summed E-state index contributed by atoms with van der Waals surface area (Å²) in [6, 6.07) is 0.758. The minimum atomic E-state index is 0.758. The molecule has 1 aromatic rings. The largest absolute Gasteiger partial charge is 0.329 e. The molecule has 0 amide bonds. The molecule has 0 atom stereocenters. The van der Waals surface area contributed by atoms with Crippen molar-refractivity contribution in [1.82, 2.24) is 14.9 Å². The summed E-state index contributed by atoms with van der Waals surface area (Å²) in [6.07, 6.45) is 9.35. The second-order valence-electron chi connectivity index (χ2n) is 5.08. The SMILES string of the molecule is CC1CCC(NCCSc2nccn2C)CC1. The molecular formula is C13H23N3S. The van der Waals surface area contributed by atoms with Crippen molar-refractivity contribution in [2.75, 3.05) is 12.3 Å². The molecule has 0 aliphatic heterocycles. The summed E-state index contributed by atoms with van der Waals surface area (Å²) in [5.41, 5.74) is 0. The number of nitrogens with one attached hydrogen (secondary N) is 1. The highest BCUT2D eigenvalue weighted by molar-refractivity contribution is 7.99. The van der Waals surface area contributed by atoms with Crippen LogP contribution in [0.1, 0.15) is 32.6 Å². The van der Waals surface area contributed by atoms with Gasteiger partial charge in [0.15, 0.2) is 5.16 Å². The summed E-state index contributed by atoms with van der Waals surface area (Å²) in [4.78, 5) is 4.31. The van der Waals surface area contributed by atoms with E-state index in [1.807, 2.05) is 31.2 Å². The van der Waals surface area contributed by atoms with Gasteiger partial charge in [-0.1, -0.05) is 18.7 Å². The summed E-state index contributed by atoms with van der Waals surface area (Å²) in [7, 11) is 2.05. The van der Waals surface area contributed by atoms with E-state index in [9.17, 15) is 0 Å². The standard InChI is InChI=1S/C13H23N3S/c1-11-3-5-12(6-4-11)14-8-10-17-13-15-7-9-16(13)2/h7,9,11-12,14H,3-6,8,10H2,1-2H3. The van der Waals surface area contributed by atoms with Gasteiger partial charge in [0.05, 0.1) is 0 Å². The Morgan fingerprint density at radius 2 is 2.18 bits per heavy atom. The van der Waals surface area contributed by atoms with Crippen LogP contribution in [0, 0.1) is 5.92 Å². The van der Waals surface area contributed by atoms with E-state index in [0.717, 1.165) is 29.4 Å². The molecule has 0 spiro atoms. The van der Waals surface area contributed by atoms with E-state index < -0.39 is 0 Å². The lowest BCUT2D eigenvalue weighted by Gasteiger charge is -2.26. The Morgan fingerprint density at radius 1 is 1.41 bits per heavy atom. The quantitative estimate of drug-likeness (QED) is 0.646. The van der Waals surface area contributed by atoms with Gasteiger partial charge in [0, 0.05) is 37.8 Å². The molecule has 1 saturated carbocycles. The minimum Gasteiger partial charge on any atom is -0.329 e. The maximum atomic E-state index is 4.31. The smallest absolute Gasteiger partial charge is 0.167 e. The molecule has 1 fully saturated rings. The number of aryl methyl sites for hydroxylation is 1. The van der Waals surface area contributed by atoms with Gasteiger partial charge >= 0.3 is 0 Å². The molecule has 17 heavy (non-hydrogen) atoms. The molecule has 1 N–H and O–H groups in total. The molecule has 96 valence electrons. The Hall–Kier alpha value is -0.480. The average molecular weight is 253 g/mol. The van der Waals surface area contributed by atoms with Crippen molar-refractivity contribution in [2.45, 2.75) is 43.8 Å². The van der Waals surface area contributed by atoms with Crippen molar-refractivity contribution < 1.29 is 0 Å². The van der Waals surface area contributed by atoms with E-state index in [0.29, 0.717) is 0 Å². The number of imidazole rings is 1. The van der Waals surface area contributed by atoms with E-state index in [-0.39, 0.29) is 0 Å². The van der Waals surface area contributed by atoms with Crippen LogP contribution >= 0.6 is 11.8 Å². The highest BCUT2D eigenvalue weighted by Crippen LogP contribution is 2.23. The van der Waals surface area contributed by atoms with Crippen molar-refractivity contribution >= 4 is 11.8 Å². The number of thioether (sulfide) groups is 1. The molecular weight excluding hydrogens is 230 g/mol. The van der Waals surface area contributed by atoms with Crippen LogP contribution < -0.4 is 5.32 Å². The molecule has 0 aromatic carbocycles. The summed E-state index contributed by atoms with van der Waals surface area (Å²) in [6.45, 7) is 3.46. The Morgan fingerprint density at radius 3 is 2.82 bits per heavy atom. The lowest BCUT2D eigenvalue weighted by Crippen LogP contribution is -2.34. The molecule has 0 radical (unpaired) electrons. The number of aromatic nitrogens is 2. The molecule has 1 heterocycles. The zero-order chi connectivity index (χ0) is 12.1. The molecule has 0 unspecified atom stereocenters. The van der Waals surface area contributed by atoms with Crippen LogP contribution in [0.5, 0.6) is 0 Å². The first-order valence-electron chi connectivity index (χ1n) is 6.59. The Kier molecular flexibility index (Phi) is 4.92. The van der Waals surface area contributed by atoms with Crippen LogP contribution in [-0.4, -0.2) is 27.9 Å². The fourth-order valence-electron chi connectivity index (χ4n) is 2.36. The lowest BCUT2D eigenvalue weighted by molar-refractivity contribution is 0.312. The van der Waals surface area contributed by atoms with Crippen LogP contribution in [-0.2, 0) is 7.05 Å². The number of hydrogen-bond acceptors (Lipinski definition) is 3. The van der Waals surface area contributed by atoms with Crippen molar-refractivity contribution in [2.24, 2.45) is 13.0 Å². The fourth-order valence-corrected chi connectivity index (χ4v) is 3.16. The fraction of sp³-hybridized carbons (Fsp3) is 0.769. The number of hydrogen-bond donors (Lipinski definition) is 1. The molecule has 3 nitrogen and oxygen atoms in total. The van der Waals surface area contributed by atoms with Crippen molar-refractivity contribution in [3.8, 4) is 0 Å². The second-order valence-corrected chi connectivity index (χ2v) is 6.14. The summed E-state index contributed by atoms with van der Waals surface area (Å²) < 4.78 is 2.08. The van der Waals surface area contributed by atoms with Crippen LogP contribution in [0.25, 0.3) is 0 Å². The van der Waals surface area contributed by atoms with Gasteiger partial charge in [-0.15, -0.1) is 0 Å². The zero-order valence-electron chi connectivity index (χ0n) is 10.9. The number of rotatable bonds is 5. The van der Waals surface area contributed by atoms with Gasteiger partial charge in [-0.05, 0) is 31.6 Å². The van der Waals surface area contributed by atoms with Crippen molar-refractivity contribution in [3.05, 3.63) is 12.4 Å². The second kappa shape index (κ2) is 6.45. The van der Waals surface area contributed by atoms with Crippen LogP contribution in [0.3, 0.4) is 0 Å². The first-order chi connectivity index (χ1) is 8.25. The molecule has 0 saturated heterocycles. The predicted octanol–water partition coefficient (Wildman–Crippen LogP) is 2.68. The van der Waals surface area contributed by atoms with Gasteiger partial charge in [0.1, 0.15) is 0 Å². The Labute approximate surface area is 108 Å². The van der Waals surface area contributed by atoms with Gasteiger partial charge in [0.2, 0.25) is 0 Å². The summed E-state index contributed by atoms with van der Waals surface area (Å²) in [5.74, 6) is 2.05. The number of nitrogens with zero attached hydrogens (tertiary/aromatic N) is 2. The normalized spacial score (nSPS) is 25.1. The van der Waals surface area contributed by atoms with Gasteiger partial charge < -0.3 is 9.88 Å². The lowest BCUT2D eigenvalue weighted by atomic mass is 9.87. The van der Waals surface area contributed by atoms with Gasteiger partial charge in [0.25, 0.3) is 0 Å². The van der Waals surface area contributed by atoms with Gasteiger partial charge in [-0.25, -0.2) is 4.98 Å². The topological polar surface area (TPSA) is 29.9 Å². The van der Waals surface area contributed by atoms with Crippen LogP contribution in [0.4, 0.5) is 0 Å². The van der Waals surface area contributed by atoms with E-state index >= 15 is 0 Å². The first kappa shape index (κ1) is 13.0. The third-order valence-corrected chi connectivity index (χ3v) is 4.62. The monoisotopic (exact) mass is 253 g/mol. The molecule has 1 aliphatic carbocycles. The molecule has 4 heteroatoms. The van der Waals surface area contributed by atoms with Crippen molar-refractivity contribution in [3.63, 3.8) is 0 Å². The average Bonchev–Trinajstić information content (AvgIpc) is 2.73. The molecule has 2 rings (SSSR count). The van der Waals surface area contributed by atoms with E-state index in [2.05, 4.69) is 21.8 Å². The molecule has 0 bridgehead atoms.